The molecule has 0 unspecified atom stereocenters. The summed E-state index contributed by atoms with van der Waals surface area (Å²) in [4.78, 5) is 5.54. The van der Waals surface area contributed by atoms with Crippen molar-refractivity contribution >= 4 is 33.2 Å². The fourth-order valence-electron chi connectivity index (χ4n) is 1.86. The van der Waals surface area contributed by atoms with Crippen LogP contribution in [0.2, 0.25) is 5.02 Å². The van der Waals surface area contributed by atoms with E-state index in [-0.39, 0.29) is 0 Å². The first-order valence-corrected chi connectivity index (χ1v) is 6.19. The van der Waals surface area contributed by atoms with Gasteiger partial charge in [-0.15, -0.1) is 11.3 Å². The lowest BCUT2D eigenvalue weighted by atomic mass is 10.4. The molecular formula is C12H9ClN2S. The fourth-order valence-corrected chi connectivity index (χ4v) is 3.01. The summed E-state index contributed by atoms with van der Waals surface area (Å²) in [6.45, 7) is 2.07. The van der Waals surface area contributed by atoms with Crippen LogP contribution in [0.3, 0.4) is 0 Å². The molecule has 3 heterocycles. The highest BCUT2D eigenvalue weighted by Gasteiger charge is 2.11. The van der Waals surface area contributed by atoms with E-state index in [1.54, 1.807) is 17.5 Å². The second-order valence-corrected chi connectivity index (χ2v) is 4.91. The Morgan fingerprint density at radius 2 is 2.25 bits per heavy atom. The largest absolute Gasteiger partial charge is 0.288 e. The van der Waals surface area contributed by atoms with E-state index in [4.69, 9.17) is 11.6 Å². The maximum absolute atomic E-state index is 6.18. The Labute approximate surface area is 102 Å². The molecule has 0 fully saturated rings. The van der Waals surface area contributed by atoms with Crippen molar-refractivity contribution in [1.82, 2.24) is 9.55 Å². The molecule has 80 valence electrons. The highest BCUT2D eigenvalue weighted by Crippen LogP contribution is 2.30. The molecule has 0 atom stereocenters. The summed E-state index contributed by atoms with van der Waals surface area (Å²) in [5, 5.41) is 4.00. The Morgan fingerprint density at radius 3 is 3.06 bits per heavy atom. The van der Waals surface area contributed by atoms with Crippen molar-refractivity contribution in [3.05, 3.63) is 46.6 Å². The predicted octanol–water partition coefficient (Wildman–Crippen LogP) is 4.05. The predicted molar refractivity (Wildman–Crippen MR) is 68.7 cm³/mol. The van der Waals surface area contributed by atoms with Crippen molar-refractivity contribution in [2.45, 2.75) is 6.92 Å². The topological polar surface area (TPSA) is 17.8 Å². The smallest absolute Gasteiger partial charge is 0.156 e. The summed E-state index contributed by atoms with van der Waals surface area (Å²) in [5.41, 5.74) is 1.16. The summed E-state index contributed by atoms with van der Waals surface area (Å²) in [5.74, 6) is 0.805. The van der Waals surface area contributed by atoms with E-state index in [0.29, 0.717) is 5.02 Å². The van der Waals surface area contributed by atoms with E-state index in [2.05, 4.69) is 34.0 Å². The van der Waals surface area contributed by atoms with Crippen LogP contribution in [0.5, 0.6) is 0 Å². The number of aryl methyl sites for hydroxylation is 1. The first-order valence-electron chi connectivity index (χ1n) is 4.94. The van der Waals surface area contributed by atoms with Crippen molar-refractivity contribution in [1.29, 1.82) is 0 Å². The molecule has 0 radical (unpaired) electrons. The lowest BCUT2D eigenvalue weighted by molar-refractivity contribution is 1.00. The molecule has 0 aromatic carbocycles. The number of nitrogens with zero attached hydrogens (tertiary/aromatic N) is 2. The third-order valence-electron chi connectivity index (χ3n) is 2.55. The third kappa shape index (κ3) is 1.36. The van der Waals surface area contributed by atoms with Gasteiger partial charge in [0.2, 0.25) is 0 Å². The summed E-state index contributed by atoms with van der Waals surface area (Å²) >= 11 is 7.88. The molecule has 0 aliphatic rings. The highest BCUT2D eigenvalue weighted by molar-refractivity contribution is 7.16. The van der Waals surface area contributed by atoms with Gasteiger partial charge in [-0.05, 0) is 36.6 Å². The first-order chi connectivity index (χ1) is 7.77. The van der Waals surface area contributed by atoms with Crippen molar-refractivity contribution < 1.29 is 0 Å². The Bertz CT molecular complexity index is 654. The quantitative estimate of drug-likeness (QED) is 0.635. The van der Waals surface area contributed by atoms with Crippen LogP contribution in [0.1, 0.15) is 5.69 Å². The second kappa shape index (κ2) is 3.61. The minimum Gasteiger partial charge on any atom is -0.288 e. The number of aromatic nitrogens is 2. The van der Waals surface area contributed by atoms with E-state index in [9.17, 15) is 0 Å². The van der Waals surface area contributed by atoms with Gasteiger partial charge in [-0.1, -0.05) is 11.6 Å². The molecule has 3 aromatic heterocycles. The zero-order chi connectivity index (χ0) is 11.1. The molecule has 0 aliphatic carbocycles. The Morgan fingerprint density at radius 1 is 1.38 bits per heavy atom. The second-order valence-electron chi connectivity index (χ2n) is 3.61. The first kappa shape index (κ1) is 9.87. The molecule has 2 nitrogen and oxygen atoms in total. The van der Waals surface area contributed by atoms with E-state index >= 15 is 0 Å². The number of thiophene rings is 1. The van der Waals surface area contributed by atoms with Crippen molar-refractivity contribution in [2.24, 2.45) is 0 Å². The van der Waals surface area contributed by atoms with Crippen LogP contribution < -0.4 is 0 Å². The van der Waals surface area contributed by atoms with Crippen molar-refractivity contribution in [3.63, 3.8) is 0 Å². The molecule has 0 spiro atoms. The SMILES string of the molecule is Cc1cc2ccsc2n1-c1ncccc1Cl. The van der Waals surface area contributed by atoms with Crippen molar-refractivity contribution in [2.75, 3.05) is 0 Å². The fraction of sp³-hybridized carbons (Fsp3) is 0.0833. The third-order valence-corrected chi connectivity index (χ3v) is 3.75. The molecule has 0 saturated heterocycles. The Balaban J connectivity index is 2.37. The van der Waals surface area contributed by atoms with Gasteiger partial charge in [0.15, 0.2) is 5.82 Å². The zero-order valence-electron chi connectivity index (χ0n) is 8.64. The molecule has 0 saturated carbocycles. The van der Waals surface area contributed by atoms with Gasteiger partial charge in [-0.2, -0.15) is 0 Å². The van der Waals surface area contributed by atoms with Gasteiger partial charge in [-0.25, -0.2) is 4.98 Å². The maximum atomic E-state index is 6.18. The Kier molecular flexibility index (Phi) is 2.23. The minimum atomic E-state index is 0.677. The van der Waals surface area contributed by atoms with Gasteiger partial charge in [0, 0.05) is 17.3 Å². The van der Waals surface area contributed by atoms with Gasteiger partial charge in [0.25, 0.3) is 0 Å². The molecule has 3 aromatic rings. The van der Waals surface area contributed by atoms with Crippen LogP contribution in [-0.4, -0.2) is 9.55 Å². The molecule has 4 heteroatoms. The lowest BCUT2D eigenvalue weighted by Gasteiger charge is -2.07. The maximum Gasteiger partial charge on any atom is 0.156 e. The van der Waals surface area contributed by atoms with E-state index in [0.717, 1.165) is 11.5 Å². The average Bonchev–Trinajstić information content (AvgIpc) is 2.79. The van der Waals surface area contributed by atoms with Crippen LogP contribution in [-0.2, 0) is 0 Å². The molecule has 0 aliphatic heterocycles. The highest BCUT2D eigenvalue weighted by atomic mass is 35.5. The zero-order valence-corrected chi connectivity index (χ0v) is 10.2. The number of hydrogen-bond acceptors (Lipinski definition) is 2. The summed E-state index contributed by atoms with van der Waals surface area (Å²) < 4.78 is 2.10. The lowest BCUT2D eigenvalue weighted by Crippen LogP contribution is -1.98. The number of hydrogen-bond donors (Lipinski definition) is 0. The average molecular weight is 249 g/mol. The normalized spacial score (nSPS) is 11.1. The van der Waals surface area contributed by atoms with Crippen LogP contribution >= 0.6 is 22.9 Å². The van der Waals surface area contributed by atoms with Crippen LogP contribution in [0.4, 0.5) is 0 Å². The van der Waals surface area contributed by atoms with Crippen LogP contribution in [0, 0.1) is 6.92 Å². The number of pyridine rings is 1. The number of fused-ring (bicyclic) bond motifs is 1. The monoisotopic (exact) mass is 248 g/mol. The summed E-state index contributed by atoms with van der Waals surface area (Å²) in [6.07, 6.45) is 1.76. The molecule has 0 bridgehead atoms. The van der Waals surface area contributed by atoms with Gasteiger partial charge < -0.3 is 0 Å². The molecule has 16 heavy (non-hydrogen) atoms. The molecular weight excluding hydrogens is 240 g/mol. The number of rotatable bonds is 1. The molecule has 3 rings (SSSR count). The number of halogens is 1. The minimum absolute atomic E-state index is 0.677. The van der Waals surface area contributed by atoms with E-state index in [1.807, 2.05) is 12.1 Å². The van der Waals surface area contributed by atoms with E-state index in [1.165, 1.54) is 10.2 Å². The van der Waals surface area contributed by atoms with Crippen molar-refractivity contribution in [3.8, 4) is 5.82 Å². The summed E-state index contributed by atoms with van der Waals surface area (Å²) in [6, 6.07) is 7.97. The van der Waals surface area contributed by atoms with Gasteiger partial charge in [0.1, 0.15) is 4.83 Å². The van der Waals surface area contributed by atoms with E-state index < -0.39 is 0 Å². The Hall–Kier alpha value is -1.32. The molecule has 0 amide bonds. The summed E-state index contributed by atoms with van der Waals surface area (Å²) in [7, 11) is 0. The molecule has 0 N–H and O–H groups in total. The van der Waals surface area contributed by atoms with Crippen LogP contribution in [0.25, 0.3) is 16.0 Å². The van der Waals surface area contributed by atoms with Crippen LogP contribution in [0.15, 0.2) is 35.8 Å². The van der Waals surface area contributed by atoms with Gasteiger partial charge in [0.05, 0.1) is 5.02 Å². The van der Waals surface area contributed by atoms with Gasteiger partial charge >= 0.3 is 0 Å². The standard InChI is InChI=1S/C12H9ClN2S/c1-8-7-9-4-6-16-12(9)15(8)11-10(13)3-2-5-14-11/h2-7H,1H3. The van der Waals surface area contributed by atoms with Gasteiger partial charge in [-0.3, -0.25) is 4.57 Å².